The molecule has 2 rings (SSSR count). The number of rotatable bonds is 5. The van der Waals surface area contributed by atoms with Crippen LogP contribution in [0.4, 0.5) is 0 Å². The average Bonchev–Trinajstić information content (AvgIpc) is 2.43. The van der Waals surface area contributed by atoms with Gasteiger partial charge in [-0.2, -0.15) is 0 Å². The maximum absolute atomic E-state index is 12.1. The van der Waals surface area contributed by atoms with Crippen LogP contribution in [0, 0.1) is 5.92 Å². The van der Waals surface area contributed by atoms with Gasteiger partial charge in [-0.25, -0.2) is 0 Å². The molecule has 0 spiro atoms. The van der Waals surface area contributed by atoms with Crippen LogP contribution >= 0.6 is 0 Å². The van der Waals surface area contributed by atoms with Crippen LogP contribution in [0.3, 0.4) is 0 Å². The van der Waals surface area contributed by atoms with Crippen molar-refractivity contribution in [2.24, 2.45) is 5.92 Å². The number of ether oxygens (including phenoxy) is 1. The van der Waals surface area contributed by atoms with Gasteiger partial charge in [-0.1, -0.05) is 13.8 Å². The molecular formula is C16H18O4S. The minimum absolute atomic E-state index is 0.146. The minimum atomic E-state index is -1.08. The van der Waals surface area contributed by atoms with Crippen LogP contribution in [-0.2, 0) is 10.8 Å². The van der Waals surface area contributed by atoms with Gasteiger partial charge < -0.3 is 9.15 Å². The van der Waals surface area contributed by atoms with Crippen molar-refractivity contribution in [1.29, 1.82) is 0 Å². The van der Waals surface area contributed by atoms with E-state index in [1.165, 1.54) is 11.5 Å². The molecule has 1 aromatic heterocycles. The van der Waals surface area contributed by atoms with Gasteiger partial charge in [0.25, 0.3) is 0 Å². The molecule has 0 aliphatic rings. The summed E-state index contributed by atoms with van der Waals surface area (Å²) in [7, 11) is -1.08. The Morgan fingerprint density at radius 3 is 2.76 bits per heavy atom. The fraction of sp³-hybridized carbons (Fsp3) is 0.312. The van der Waals surface area contributed by atoms with Crippen molar-refractivity contribution in [2.45, 2.75) is 13.8 Å². The zero-order chi connectivity index (χ0) is 15.4. The van der Waals surface area contributed by atoms with Crippen molar-refractivity contribution >= 4 is 27.8 Å². The molecule has 21 heavy (non-hydrogen) atoms. The maximum atomic E-state index is 12.1. The highest BCUT2D eigenvalue weighted by atomic mass is 32.2. The molecule has 2 aromatic rings. The summed E-state index contributed by atoms with van der Waals surface area (Å²) in [6.45, 7) is 4.72. The highest BCUT2D eigenvalue weighted by Gasteiger charge is 2.06. The predicted octanol–water partition coefficient (Wildman–Crippen LogP) is 3.18. The molecule has 0 radical (unpaired) electrons. The first kappa shape index (κ1) is 15.5. The van der Waals surface area contributed by atoms with Crippen molar-refractivity contribution < 1.29 is 13.4 Å². The lowest BCUT2D eigenvalue weighted by Crippen LogP contribution is -2.05. The molecule has 0 N–H and O–H groups in total. The van der Waals surface area contributed by atoms with Crippen LogP contribution in [0.2, 0.25) is 0 Å². The SMILES string of the molecule is CC(C)COc1ccc2oc(/C=C/S(C)=O)cc(=O)c2c1. The van der Waals surface area contributed by atoms with Crippen LogP contribution in [0.15, 0.2) is 38.9 Å². The first-order chi connectivity index (χ1) is 9.95. The number of benzene rings is 1. The summed E-state index contributed by atoms with van der Waals surface area (Å²) >= 11 is 0. The molecule has 1 heterocycles. The zero-order valence-corrected chi connectivity index (χ0v) is 13.1. The topological polar surface area (TPSA) is 56.5 Å². The van der Waals surface area contributed by atoms with E-state index in [9.17, 15) is 9.00 Å². The predicted molar refractivity (Wildman–Crippen MR) is 85.9 cm³/mol. The molecule has 1 aromatic carbocycles. The van der Waals surface area contributed by atoms with Gasteiger partial charge in [0.1, 0.15) is 17.1 Å². The van der Waals surface area contributed by atoms with E-state index in [0.717, 1.165) is 0 Å². The maximum Gasteiger partial charge on any atom is 0.193 e. The Balaban J connectivity index is 2.36. The Morgan fingerprint density at radius 2 is 2.10 bits per heavy atom. The third-order valence-corrected chi connectivity index (χ3v) is 3.24. The summed E-state index contributed by atoms with van der Waals surface area (Å²) in [6.07, 6.45) is 3.09. The molecule has 0 saturated heterocycles. The van der Waals surface area contributed by atoms with E-state index >= 15 is 0 Å². The smallest absolute Gasteiger partial charge is 0.193 e. The third-order valence-electron chi connectivity index (χ3n) is 2.72. The Labute approximate surface area is 125 Å². The largest absolute Gasteiger partial charge is 0.493 e. The molecular weight excluding hydrogens is 288 g/mol. The van der Waals surface area contributed by atoms with Crippen LogP contribution in [0.25, 0.3) is 17.0 Å². The van der Waals surface area contributed by atoms with Crippen molar-refractivity contribution in [3.05, 3.63) is 45.7 Å². The molecule has 0 amide bonds. The summed E-state index contributed by atoms with van der Waals surface area (Å²) < 4.78 is 22.2. The van der Waals surface area contributed by atoms with E-state index < -0.39 is 10.8 Å². The molecule has 0 fully saturated rings. The fourth-order valence-electron chi connectivity index (χ4n) is 1.75. The van der Waals surface area contributed by atoms with Crippen molar-refractivity contribution in [1.82, 2.24) is 0 Å². The van der Waals surface area contributed by atoms with E-state index in [-0.39, 0.29) is 5.43 Å². The zero-order valence-electron chi connectivity index (χ0n) is 12.3. The van der Waals surface area contributed by atoms with Gasteiger partial charge >= 0.3 is 0 Å². The molecule has 1 atom stereocenters. The van der Waals surface area contributed by atoms with Crippen LogP contribution in [-0.4, -0.2) is 17.1 Å². The standard InChI is InChI=1S/C16H18O4S/c1-11(2)10-19-12-4-5-16-14(8-12)15(17)9-13(20-16)6-7-21(3)18/h4-9,11H,10H2,1-3H3/b7-6+. The van der Waals surface area contributed by atoms with Crippen LogP contribution in [0.5, 0.6) is 5.75 Å². The second-order valence-electron chi connectivity index (χ2n) is 5.18. The summed E-state index contributed by atoms with van der Waals surface area (Å²) in [5.74, 6) is 1.46. The van der Waals surface area contributed by atoms with E-state index in [2.05, 4.69) is 13.8 Å². The lowest BCUT2D eigenvalue weighted by Gasteiger charge is -2.09. The molecule has 0 aliphatic heterocycles. The summed E-state index contributed by atoms with van der Waals surface area (Å²) in [5.41, 5.74) is 0.341. The van der Waals surface area contributed by atoms with Gasteiger partial charge in [0, 0.05) is 28.5 Å². The molecule has 0 aliphatic carbocycles. The van der Waals surface area contributed by atoms with E-state index in [1.54, 1.807) is 30.5 Å². The van der Waals surface area contributed by atoms with Gasteiger partial charge in [0.2, 0.25) is 0 Å². The van der Waals surface area contributed by atoms with Crippen molar-refractivity contribution in [3.8, 4) is 5.75 Å². The third kappa shape index (κ3) is 4.29. The van der Waals surface area contributed by atoms with Gasteiger partial charge in [-0.15, -0.1) is 0 Å². The molecule has 1 unspecified atom stereocenters. The minimum Gasteiger partial charge on any atom is -0.493 e. The summed E-state index contributed by atoms with van der Waals surface area (Å²) in [5, 5.41) is 1.95. The lowest BCUT2D eigenvalue weighted by atomic mass is 10.2. The normalized spacial score (nSPS) is 13.1. The Bertz CT molecular complexity index is 744. The number of fused-ring (bicyclic) bond motifs is 1. The Morgan fingerprint density at radius 1 is 1.33 bits per heavy atom. The number of hydrogen-bond donors (Lipinski definition) is 0. The molecule has 0 bridgehead atoms. The van der Waals surface area contributed by atoms with E-state index in [0.29, 0.717) is 35.0 Å². The number of hydrogen-bond acceptors (Lipinski definition) is 4. The highest BCUT2D eigenvalue weighted by molar-refractivity contribution is 7.87. The quantitative estimate of drug-likeness (QED) is 0.851. The fourth-order valence-corrected chi connectivity index (χ4v) is 2.08. The second-order valence-corrected chi connectivity index (χ2v) is 6.45. The monoisotopic (exact) mass is 306 g/mol. The van der Waals surface area contributed by atoms with Crippen LogP contribution in [0.1, 0.15) is 19.6 Å². The molecule has 4 nitrogen and oxygen atoms in total. The van der Waals surface area contributed by atoms with Crippen molar-refractivity contribution in [3.63, 3.8) is 0 Å². The summed E-state index contributed by atoms with van der Waals surface area (Å²) in [6, 6.07) is 6.57. The first-order valence-electron chi connectivity index (χ1n) is 6.67. The van der Waals surface area contributed by atoms with Crippen LogP contribution < -0.4 is 10.2 Å². The van der Waals surface area contributed by atoms with Crippen molar-refractivity contribution in [2.75, 3.05) is 12.9 Å². The highest BCUT2D eigenvalue weighted by Crippen LogP contribution is 2.20. The Hall–Kier alpha value is -1.88. The average molecular weight is 306 g/mol. The van der Waals surface area contributed by atoms with Gasteiger partial charge in [0.05, 0.1) is 12.0 Å². The van der Waals surface area contributed by atoms with Gasteiger partial charge in [-0.3, -0.25) is 9.00 Å². The van der Waals surface area contributed by atoms with Gasteiger partial charge in [-0.05, 0) is 30.2 Å². The molecule has 5 heteroatoms. The second kappa shape index (κ2) is 6.72. The Kier molecular flexibility index (Phi) is 4.96. The summed E-state index contributed by atoms with van der Waals surface area (Å²) in [4.78, 5) is 12.1. The van der Waals surface area contributed by atoms with Gasteiger partial charge in [0.15, 0.2) is 5.43 Å². The first-order valence-corrected chi connectivity index (χ1v) is 8.29. The van der Waals surface area contributed by atoms with E-state index in [4.69, 9.17) is 9.15 Å². The molecule has 0 saturated carbocycles. The molecule has 112 valence electrons. The van der Waals surface area contributed by atoms with E-state index in [1.807, 2.05) is 0 Å². The lowest BCUT2D eigenvalue weighted by molar-refractivity contribution is 0.271.